The van der Waals surface area contributed by atoms with Crippen molar-refractivity contribution in [1.29, 1.82) is 0 Å². The van der Waals surface area contributed by atoms with Gasteiger partial charge in [0.1, 0.15) is 5.15 Å². The quantitative estimate of drug-likeness (QED) is 0.813. The van der Waals surface area contributed by atoms with E-state index in [4.69, 9.17) is 11.6 Å². The molecule has 2 aromatic rings. The molecule has 120 valence electrons. The number of nitrogens with zero attached hydrogens (tertiary/aromatic N) is 1. The molecule has 0 saturated carbocycles. The van der Waals surface area contributed by atoms with Crippen LogP contribution >= 0.6 is 34.7 Å². The molecule has 4 nitrogen and oxygen atoms in total. The van der Waals surface area contributed by atoms with E-state index in [1.165, 1.54) is 24.2 Å². The average molecular weight is 366 g/mol. The van der Waals surface area contributed by atoms with Crippen molar-refractivity contribution in [1.82, 2.24) is 15.6 Å². The summed E-state index contributed by atoms with van der Waals surface area (Å²) < 4.78 is 1.07. The Morgan fingerprint density at radius 2 is 2.30 bits per heavy atom. The van der Waals surface area contributed by atoms with E-state index in [1.54, 1.807) is 18.0 Å². The second-order valence-corrected chi connectivity index (χ2v) is 8.74. The molecule has 1 amide bonds. The summed E-state index contributed by atoms with van der Waals surface area (Å²) in [4.78, 5) is 18.2. The summed E-state index contributed by atoms with van der Waals surface area (Å²) in [6, 6.07) is 8.94. The molecule has 2 aliphatic heterocycles. The smallest absolute Gasteiger partial charge is 0.261 e. The summed E-state index contributed by atoms with van der Waals surface area (Å²) in [6.07, 6.45) is 5.15. The van der Waals surface area contributed by atoms with Gasteiger partial charge in [-0.2, -0.15) is 0 Å². The largest absolute Gasteiger partial charge is 0.347 e. The summed E-state index contributed by atoms with van der Waals surface area (Å²) in [6.45, 7) is 0. The second-order valence-electron chi connectivity index (χ2n) is 5.90. The van der Waals surface area contributed by atoms with Crippen LogP contribution in [0.5, 0.6) is 0 Å². The molecule has 2 aliphatic rings. The van der Waals surface area contributed by atoms with Gasteiger partial charge < -0.3 is 10.6 Å². The van der Waals surface area contributed by atoms with Gasteiger partial charge in [0, 0.05) is 29.2 Å². The highest BCUT2D eigenvalue weighted by atomic mass is 35.5. The monoisotopic (exact) mass is 365 g/mol. The molecule has 2 bridgehead atoms. The Bertz CT molecular complexity index is 736. The lowest BCUT2D eigenvalue weighted by Crippen LogP contribution is -2.42. The Morgan fingerprint density at radius 1 is 1.39 bits per heavy atom. The van der Waals surface area contributed by atoms with Gasteiger partial charge >= 0.3 is 0 Å². The summed E-state index contributed by atoms with van der Waals surface area (Å²) in [5.41, 5.74) is 0. The maximum absolute atomic E-state index is 12.4. The van der Waals surface area contributed by atoms with Gasteiger partial charge in [0.25, 0.3) is 5.91 Å². The number of aromatic nitrogens is 1. The molecule has 4 rings (SSSR count). The summed E-state index contributed by atoms with van der Waals surface area (Å²) in [5.74, 6) is 0.0361. The van der Waals surface area contributed by atoms with Crippen LogP contribution in [0.3, 0.4) is 0 Å². The molecule has 7 heteroatoms. The van der Waals surface area contributed by atoms with E-state index in [2.05, 4.69) is 15.6 Å². The molecule has 0 aliphatic carbocycles. The predicted octanol–water partition coefficient (Wildman–Crippen LogP) is 3.57. The van der Waals surface area contributed by atoms with Crippen molar-refractivity contribution in [2.45, 2.75) is 46.5 Å². The highest BCUT2D eigenvalue weighted by Crippen LogP contribution is 2.34. The molecule has 2 fully saturated rings. The van der Waals surface area contributed by atoms with Crippen molar-refractivity contribution in [2.75, 3.05) is 0 Å². The van der Waals surface area contributed by atoms with E-state index < -0.39 is 0 Å². The standard InChI is InChI=1S/C16H16ClN3OS2/c17-14-8-10(5-6-18-14)22-15-4-3-13(23-15)16(21)20-12-7-9-1-2-11(12)19-9/h3-6,8-9,11-12,19H,1-2,7H2,(H,20,21)/t9-,11+,12-/m1/s1. The van der Waals surface area contributed by atoms with Crippen LogP contribution < -0.4 is 10.6 Å². The minimum Gasteiger partial charge on any atom is -0.347 e. The Labute approximate surface area is 148 Å². The van der Waals surface area contributed by atoms with E-state index in [0.29, 0.717) is 17.2 Å². The van der Waals surface area contributed by atoms with Crippen LogP contribution in [0.1, 0.15) is 28.9 Å². The third-order valence-electron chi connectivity index (χ3n) is 4.34. The van der Waals surface area contributed by atoms with E-state index in [9.17, 15) is 4.79 Å². The zero-order valence-corrected chi connectivity index (χ0v) is 14.7. The van der Waals surface area contributed by atoms with E-state index >= 15 is 0 Å². The Hall–Kier alpha value is -1.08. The lowest BCUT2D eigenvalue weighted by Gasteiger charge is -2.20. The molecule has 0 radical (unpaired) electrons. The van der Waals surface area contributed by atoms with Gasteiger partial charge in [-0.1, -0.05) is 23.4 Å². The van der Waals surface area contributed by atoms with Crippen LogP contribution in [0.15, 0.2) is 39.6 Å². The lowest BCUT2D eigenvalue weighted by molar-refractivity contribution is 0.0935. The molecular formula is C16H16ClN3OS2. The SMILES string of the molecule is O=C(N[C@@H]1C[C@H]2CC[C@@H]1N2)c1ccc(Sc2ccnc(Cl)c2)s1. The number of halogens is 1. The number of carbonyl (C=O) groups excluding carboxylic acids is 1. The molecule has 0 unspecified atom stereocenters. The Morgan fingerprint density at radius 3 is 3.04 bits per heavy atom. The predicted molar refractivity (Wildman–Crippen MR) is 93.5 cm³/mol. The first-order chi connectivity index (χ1) is 11.2. The van der Waals surface area contributed by atoms with Gasteiger partial charge in [0.2, 0.25) is 0 Å². The normalized spacial score (nSPS) is 25.7. The molecule has 2 N–H and O–H groups in total. The number of carbonyl (C=O) groups is 1. The van der Waals surface area contributed by atoms with Crippen molar-refractivity contribution in [2.24, 2.45) is 0 Å². The van der Waals surface area contributed by atoms with Crippen LogP contribution in [0.25, 0.3) is 0 Å². The van der Waals surface area contributed by atoms with Gasteiger partial charge in [-0.05, 0) is 43.5 Å². The highest BCUT2D eigenvalue weighted by molar-refractivity contribution is 8.01. The Kier molecular flexibility index (Phi) is 4.32. The molecule has 2 saturated heterocycles. The third kappa shape index (κ3) is 3.40. The van der Waals surface area contributed by atoms with Crippen LogP contribution in [-0.2, 0) is 0 Å². The number of nitrogens with one attached hydrogen (secondary N) is 2. The van der Waals surface area contributed by atoms with Crippen LogP contribution in [0.2, 0.25) is 5.15 Å². The van der Waals surface area contributed by atoms with Crippen molar-refractivity contribution in [3.05, 3.63) is 40.5 Å². The van der Waals surface area contributed by atoms with Crippen LogP contribution in [0.4, 0.5) is 0 Å². The van der Waals surface area contributed by atoms with Gasteiger partial charge in [-0.25, -0.2) is 4.98 Å². The first-order valence-corrected chi connectivity index (χ1v) is 9.64. The zero-order valence-electron chi connectivity index (χ0n) is 12.3. The number of rotatable bonds is 4. The third-order valence-corrected chi connectivity index (χ3v) is 6.75. The van der Waals surface area contributed by atoms with Crippen LogP contribution in [-0.4, -0.2) is 29.0 Å². The second kappa shape index (κ2) is 6.43. The summed E-state index contributed by atoms with van der Waals surface area (Å²) in [7, 11) is 0. The lowest BCUT2D eigenvalue weighted by atomic mass is 9.95. The highest BCUT2D eigenvalue weighted by Gasteiger charge is 2.39. The first-order valence-electron chi connectivity index (χ1n) is 7.63. The summed E-state index contributed by atoms with van der Waals surface area (Å²) in [5, 5.41) is 7.21. The van der Waals surface area contributed by atoms with Crippen molar-refractivity contribution < 1.29 is 4.79 Å². The fourth-order valence-corrected chi connectivity index (χ4v) is 5.56. The van der Waals surface area contributed by atoms with Crippen LogP contribution in [0, 0.1) is 0 Å². The minimum absolute atomic E-state index is 0.0361. The Balaban J connectivity index is 1.40. The fourth-order valence-electron chi connectivity index (χ4n) is 3.28. The van der Waals surface area contributed by atoms with Crippen molar-refractivity contribution in [3.8, 4) is 0 Å². The first kappa shape index (κ1) is 15.4. The van der Waals surface area contributed by atoms with Gasteiger partial charge in [-0.3, -0.25) is 4.79 Å². The molecule has 23 heavy (non-hydrogen) atoms. The van der Waals surface area contributed by atoms with Gasteiger partial charge in [-0.15, -0.1) is 11.3 Å². The van der Waals surface area contributed by atoms with Crippen molar-refractivity contribution in [3.63, 3.8) is 0 Å². The number of thiophene rings is 1. The number of hydrogen-bond donors (Lipinski definition) is 2. The van der Waals surface area contributed by atoms with E-state index in [0.717, 1.165) is 20.4 Å². The van der Waals surface area contributed by atoms with E-state index in [1.807, 2.05) is 24.3 Å². The molecule has 3 atom stereocenters. The van der Waals surface area contributed by atoms with Gasteiger partial charge in [0.15, 0.2) is 0 Å². The topological polar surface area (TPSA) is 54.0 Å². The fraction of sp³-hybridized carbons (Fsp3) is 0.375. The molecular weight excluding hydrogens is 350 g/mol. The number of fused-ring (bicyclic) bond motifs is 2. The number of hydrogen-bond acceptors (Lipinski definition) is 5. The summed E-state index contributed by atoms with van der Waals surface area (Å²) >= 11 is 9.01. The minimum atomic E-state index is 0.0361. The molecule has 0 spiro atoms. The molecule has 4 heterocycles. The van der Waals surface area contributed by atoms with E-state index in [-0.39, 0.29) is 11.9 Å². The number of amides is 1. The van der Waals surface area contributed by atoms with Gasteiger partial charge in [0.05, 0.1) is 9.09 Å². The molecule has 2 aromatic heterocycles. The number of pyridine rings is 1. The zero-order chi connectivity index (χ0) is 15.8. The van der Waals surface area contributed by atoms with Crippen molar-refractivity contribution >= 4 is 40.6 Å². The molecule has 0 aromatic carbocycles. The maximum atomic E-state index is 12.4. The average Bonchev–Trinajstić information content (AvgIpc) is 3.23. The maximum Gasteiger partial charge on any atom is 0.261 e.